The van der Waals surface area contributed by atoms with Crippen molar-refractivity contribution in [3.63, 3.8) is 0 Å². The molecule has 2 N–H and O–H groups in total. The lowest BCUT2D eigenvalue weighted by molar-refractivity contribution is 0.271. The SMILES string of the molecule is Cn1c(C(CO)c2ccc(Cl)c(Oc3cc(C#N)cc(C#N)c3)c2F)n[nH]c1=O. The molecule has 0 aliphatic heterocycles. The number of nitrogens with zero attached hydrogens (tertiary/aromatic N) is 4. The number of rotatable bonds is 5. The average molecular weight is 414 g/mol. The number of hydrogen-bond donors (Lipinski definition) is 2. The average Bonchev–Trinajstić information content (AvgIpc) is 3.05. The highest BCUT2D eigenvalue weighted by molar-refractivity contribution is 6.32. The zero-order valence-corrected chi connectivity index (χ0v) is 15.7. The molecule has 3 aromatic rings. The molecule has 146 valence electrons. The number of aliphatic hydroxyl groups excluding tert-OH is 1. The lowest BCUT2D eigenvalue weighted by Crippen LogP contribution is -2.19. The van der Waals surface area contributed by atoms with Gasteiger partial charge in [0.25, 0.3) is 0 Å². The summed E-state index contributed by atoms with van der Waals surface area (Å²) in [6, 6.07) is 10.6. The van der Waals surface area contributed by atoms with Crippen molar-refractivity contribution in [2.75, 3.05) is 6.61 Å². The predicted octanol–water partition coefficient (Wildman–Crippen LogP) is 2.56. The van der Waals surface area contributed by atoms with Gasteiger partial charge in [-0.25, -0.2) is 14.3 Å². The zero-order chi connectivity index (χ0) is 21.1. The molecule has 0 aliphatic rings. The van der Waals surface area contributed by atoms with Crippen molar-refractivity contribution >= 4 is 11.6 Å². The second-order valence-electron chi connectivity index (χ2n) is 6.03. The minimum atomic E-state index is -0.960. The Bertz CT molecular complexity index is 1190. The van der Waals surface area contributed by atoms with Crippen molar-refractivity contribution < 1.29 is 14.2 Å². The molecule has 29 heavy (non-hydrogen) atoms. The molecule has 0 aliphatic carbocycles. The van der Waals surface area contributed by atoms with Crippen molar-refractivity contribution in [1.29, 1.82) is 10.5 Å². The van der Waals surface area contributed by atoms with Gasteiger partial charge in [0.05, 0.1) is 40.8 Å². The van der Waals surface area contributed by atoms with Crippen molar-refractivity contribution in [3.05, 3.63) is 74.2 Å². The Labute approximate surface area is 169 Å². The molecule has 0 amide bonds. The van der Waals surface area contributed by atoms with Gasteiger partial charge in [-0.3, -0.25) is 4.57 Å². The fourth-order valence-electron chi connectivity index (χ4n) is 2.81. The Morgan fingerprint density at radius 3 is 2.48 bits per heavy atom. The van der Waals surface area contributed by atoms with E-state index in [4.69, 9.17) is 26.9 Å². The van der Waals surface area contributed by atoms with Crippen molar-refractivity contribution in [3.8, 4) is 23.6 Å². The molecule has 2 aromatic carbocycles. The molecule has 1 heterocycles. The molecule has 1 aromatic heterocycles. The molecule has 0 bridgehead atoms. The Balaban J connectivity index is 2.09. The summed E-state index contributed by atoms with van der Waals surface area (Å²) >= 11 is 6.09. The van der Waals surface area contributed by atoms with E-state index in [1.807, 2.05) is 12.1 Å². The molecule has 1 atom stereocenters. The fraction of sp³-hybridized carbons (Fsp3) is 0.158. The Morgan fingerprint density at radius 2 is 1.97 bits per heavy atom. The normalized spacial score (nSPS) is 11.5. The molecule has 8 nitrogen and oxygen atoms in total. The zero-order valence-electron chi connectivity index (χ0n) is 15.0. The number of halogens is 2. The van der Waals surface area contributed by atoms with E-state index < -0.39 is 24.0 Å². The Morgan fingerprint density at radius 1 is 1.31 bits per heavy atom. The topological polar surface area (TPSA) is 128 Å². The molecule has 0 saturated carbocycles. The van der Waals surface area contributed by atoms with Gasteiger partial charge in [0, 0.05) is 12.6 Å². The second-order valence-corrected chi connectivity index (χ2v) is 6.44. The number of aromatic amines is 1. The van der Waals surface area contributed by atoms with Crippen molar-refractivity contribution in [2.45, 2.75) is 5.92 Å². The second kappa shape index (κ2) is 8.15. The summed E-state index contributed by atoms with van der Waals surface area (Å²) in [5.74, 6) is -2.00. The number of nitrogens with one attached hydrogen (secondary N) is 1. The number of aromatic nitrogens is 3. The predicted molar refractivity (Wildman–Crippen MR) is 100 cm³/mol. The first kappa shape index (κ1) is 20.1. The quantitative estimate of drug-likeness (QED) is 0.661. The van der Waals surface area contributed by atoms with E-state index >= 15 is 4.39 Å². The molecule has 0 saturated heterocycles. The smallest absolute Gasteiger partial charge is 0.343 e. The first-order chi connectivity index (χ1) is 13.9. The Kier molecular flexibility index (Phi) is 5.64. The standard InChI is InChI=1S/C19H13ClFN5O3/c1-26-18(24-25-19(26)28)14(9-27)13-2-3-15(20)17(16(13)21)29-12-5-10(7-22)4-11(6-12)8-23/h2-6,14,27H,9H2,1H3,(H,25,28). The van der Waals surface area contributed by atoms with Crippen LogP contribution in [0, 0.1) is 28.5 Å². The summed E-state index contributed by atoms with van der Waals surface area (Å²) in [4.78, 5) is 11.6. The first-order valence-electron chi connectivity index (χ1n) is 8.22. The summed E-state index contributed by atoms with van der Waals surface area (Å²) in [6.45, 7) is -0.529. The van der Waals surface area contributed by atoms with Crippen LogP contribution in [0.3, 0.4) is 0 Å². The third-order valence-electron chi connectivity index (χ3n) is 4.25. The summed E-state index contributed by atoms with van der Waals surface area (Å²) in [5.41, 5.74) is -0.189. The number of hydrogen-bond acceptors (Lipinski definition) is 6. The third kappa shape index (κ3) is 3.83. The van der Waals surface area contributed by atoms with Crippen LogP contribution in [0.25, 0.3) is 0 Å². The van der Waals surface area contributed by atoms with Crippen LogP contribution in [0.15, 0.2) is 35.1 Å². The van der Waals surface area contributed by atoms with Crippen LogP contribution in [-0.4, -0.2) is 26.5 Å². The Hall–Kier alpha value is -3.66. The minimum Gasteiger partial charge on any atom is -0.453 e. The number of benzene rings is 2. The number of nitriles is 2. The van der Waals surface area contributed by atoms with Crippen LogP contribution in [0.2, 0.25) is 5.02 Å². The van der Waals surface area contributed by atoms with Gasteiger partial charge in [-0.15, -0.1) is 0 Å². The molecule has 1 unspecified atom stereocenters. The highest BCUT2D eigenvalue weighted by Gasteiger charge is 2.26. The summed E-state index contributed by atoms with van der Waals surface area (Å²) in [5, 5.41) is 34.0. The van der Waals surface area contributed by atoms with Crippen LogP contribution in [0.1, 0.15) is 28.4 Å². The first-order valence-corrected chi connectivity index (χ1v) is 8.60. The van der Waals surface area contributed by atoms with Crippen LogP contribution < -0.4 is 10.4 Å². The van der Waals surface area contributed by atoms with Gasteiger partial charge in [0.1, 0.15) is 11.6 Å². The van der Waals surface area contributed by atoms with E-state index in [1.54, 1.807) is 0 Å². The van der Waals surface area contributed by atoms with Gasteiger partial charge >= 0.3 is 5.69 Å². The van der Waals surface area contributed by atoms with Gasteiger partial charge in [0.2, 0.25) is 0 Å². The minimum absolute atomic E-state index is 0.00550. The molecule has 0 radical (unpaired) electrons. The van der Waals surface area contributed by atoms with Crippen LogP contribution in [0.4, 0.5) is 4.39 Å². The molecule has 10 heteroatoms. The van der Waals surface area contributed by atoms with Crippen LogP contribution in [-0.2, 0) is 7.05 Å². The summed E-state index contributed by atoms with van der Waals surface area (Å²) in [6.07, 6.45) is 0. The fourth-order valence-corrected chi connectivity index (χ4v) is 2.99. The molecule has 0 fully saturated rings. The van der Waals surface area contributed by atoms with Crippen molar-refractivity contribution in [1.82, 2.24) is 14.8 Å². The van der Waals surface area contributed by atoms with E-state index in [-0.39, 0.29) is 39.0 Å². The van der Waals surface area contributed by atoms with Gasteiger partial charge in [0.15, 0.2) is 11.6 Å². The van der Waals surface area contributed by atoms with E-state index in [0.717, 1.165) is 4.57 Å². The van der Waals surface area contributed by atoms with Crippen LogP contribution >= 0.6 is 11.6 Å². The van der Waals surface area contributed by atoms with Gasteiger partial charge in [-0.1, -0.05) is 17.7 Å². The highest BCUT2D eigenvalue weighted by atomic mass is 35.5. The summed E-state index contributed by atoms with van der Waals surface area (Å²) in [7, 11) is 1.44. The maximum absolute atomic E-state index is 15.3. The van der Waals surface area contributed by atoms with E-state index in [1.165, 1.54) is 37.4 Å². The monoisotopic (exact) mass is 413 g/mol. The lowest BCUT2D eigenvalue weighted by Gasteiger charge is -2.17. The maximum atomic E-state index is 15.3. The maximum Gasteiger partial charge on any atom is 0.343 e. The largest absolute Gasteiger partial charge is 0.453 e. The molecular weight excluding hydrogens is 401 g/mol. The van der Waals surface area contributed by atoms with Gasteiger partial charge in [-0.05, 0) is 24.3 Å². The molecule has 0 spiro atoms. The highest BCUT2D eigenvalue weighted by Crippen LogP contribution is 2.37. The number of ether oxygens (including phenoxy) is 1. The third-order valence-corrected chi connectivity index (χ3v) is 4.55. The van der Waals surface area contributed by atoms with E-state index in [9.17, 15) is 9.90 Å². The van der Waals surface area contributed by atoms with Gasteiger partial charge in [-0.2, -0.15) is 15.6 Å². The van der Waals surface area contributed by atoms with Gasteiger partial charge < -0.3 is 9.84 Å². The van der Waals surface area contributed by atoms with Crippen LogP contribution in [0.5, 0.6) is 11.5 Å². The van der Waals surface area contributed by atoms with E-state index in [2.05, 4.69) is 10.2 Å². The number of H-pyrrole nitrogens is 1. The van der Waals surface area contributed by atoms with Crippen molar-refractivity contribution in [2.24, 2.45) is 7.05 Å². The lowest BCUT2D eigenvalue weighted by atomic mass is 9.98. The van der Waals surface area contributed by atoms with E-state index in [0.29, 0.717) is 0 Å². The number of aliphatic hydroxyl groups is 1. The summed E-state index contributed by atoms with van der Waals surface area (Å²) < 4.78 is 22.0. The molecule has 3 rings (SSSR count). The molecular formula is C19H13ClFN5O3.